The number of hydrogen-bond acceptors (Lipinski definition) is 3. The van der Waals surface area contributed by atoms with Gasteiger partial charge in [-0.15, -0.1) is 0 Å². The summed E-state index contributed by atoms with van der Waals surface area (Å²) >= 11 is 0. The number of aryl methyl sites for hydroxylation is 2. The zero-order valence-corrected chi connectivity index (χ0v) is 14.0. The number of hydrogen-bond donors (Lipinski definition) is 0. The average molecular weight is 334 g/mol. The first-order chi connectivity index (χ1) is 11.3. The van der Waals surface area contributed by atoms with Crippen LogP contribution in [0.3, 0.4) is 0 Å². The fourth-order valence-corrected chi connectivity index (χ4v) is 2.95. The zero-order chi connectivity index (χ0) is 17.5. The van der Waals surface area contributed by atoms with E-state index in [1.54, 1.807) is 16.8 Å². The smallest absolute Gasteiger partial charge is 0.255 e. The fraction of sp³-hybridized carbons (Fsp3) is 0.471. The van der Waals surface area contributed by atoms with Gasteiger partial charge in [0.05, 0.1) is 11.3 Å². The van der Waals surface area contributed by atoms with Gasteiger partial charge in [0.2, 0.25) is 0 Å². The minimum Gasteiger partial charge on any atom is -0.338 e. The number of aromatic nitrogens is 3. The van der Waals surface area contributed by atoms with Gasteiger partial charge in [-0.2, -0.15) is 5.10 Å². The molecular weight excluding hydrogens is 314 g/mol. The van der Waals surface area contributed by atoms with Crippen LogP contribution < -0.4 is 0 Å². The topological polar surface area (TPSA) is 51.0 Å². The number of carbonyl (C=O) groups excluding carboxylic acids is 1. The Morgan fingerprint density at radius 1 is 1.33 bits per heavy atom. The fourth-order valence-electron chi connectivity index (χ4n) is 2.95. The highest BCUT2D eigenvalue weighted by Crippen LogP contribution is 2.33. The first-order valence-corrected chi connectivity index (χ1v) is 7.95. The van der Waals surface area contributed by atoms with Gasteiger partial charge in [-0.1, -0.05) is 6.92 Å². The van der Waals surface area contributed by atoms with E-state index in [9.17, 15) is 13.6 Å². The molecule has 24 heavy (non-hydrogen) atoms. The molecule has 0 saturated carbocycles. The molecule has 3 rings (SSSR count). The van der Waals surface area contributed by atoms with Crippen molar-refractivity contribution in [2.45, 2.75) is 33.1 Å². The zero-order valence-electron chi connectivity index (χ0n) is 14.0. The summed E-state index contributed by atoms with van der Waals surface area (Å²) in [5.74, 6) is -3.17. The van der Waals surface area contributed by atoms with E-state index in [1.807, 2.05) is 19.9 Å². The van der Waals surface area contributed by atoms with E-state index in [2.05, 4.69) is 10.1 Å². The minimum absolute atomic E-state index is 0.0606. The molecule has 1 unspecified atom stereocenters. The number of likely N-dealkylation sites (tertiary alicyclic amines) is 1. The second kappa shape index (κ2) is 5.96. The van der Waals surface area contributed by atoms with Crippen LogP contribution in [0.1, 0.15) is 35.1 Å². The highest BCUT2D eigenvalue weighted by Gasteiger charge is 2.42. The Hall–Kier alpha value is -2.31. The van der Waals surface area contributed by atoms with Gasteiger partial charge in [-0.05, 0) is 32.0 Å². The van der Waals surface area contributed by atoms with Gasteiger partial charge < -0.3 is 4.90 Å². The number of rotatable bonds is 2. The molecule has 0 spiro atoms. The van der Waals surface area contributed by atoms with Crippen molar-refractivity contribution in [3.05, 3.63) is 41.3 Å². The molecule has 3 heterocycles. The van der Waals surface area contributed by atoms with Gasteiger partial charge in [0.25, 0.3) is 11.8 Å². The summed E-state index contributed by atoms with van der Waals surface area (Å²) in [6.45, 7) is 5.43. The van der Waals surface area contributed by atoms with Crippen molar-refractivity contribution in [1.82, 2.24) is 19.7 Å². The number of nitrogens with zero attached hydrogens (tertiary/aromatic N) is 4. The lowest BCUT2D eigenvalue weighted by atomic mass is 9.95. The van der Waals surface area contributed by atoms with Crippen LogP contribution >= 0.6 is 0 Å². The van der Waals surface area contributed by atoms with Gasteiger partial charge in [-0.25, -0.2) is 18.4 Å². The molecule has 128 valence electrons. The van der Waals surface area contributed by atoms with Crippen molar-refractivity contribution in [1.29, 1.82) is 0 Å². The second-order valence-electron chi connectivity index (χ2n) is 6.41. The quantitative estimate of drug-likeness (QED) is 0.848. The van der Waals surface area contributed by atoms with E-state index in [-0.39, 0.29) is 25.4 Å². The van der Waals surface area contributed by atoms with Gasteiger partial charge >= 0.3 is 0 Å². The molecule has 5 nitrogen and oxygen atoms in total. The van der Waals surface area contributed by atoms with Crippen LogP contribution in [0.4, 0.5) is 8.78 Å². The molecule has 0 radical (unpaired) electrons. The second-order valence-corrected chi connectivity index (χ2v) is 6.41. The molecule has 2 aromatic heterocycles. The molecular formula is C17H20F2N4O. The van der Waals surface area contributed by atoms with E-state index >= 15 is 0 Å². The van der Waals surface area contributed by atoms with Gasteiger partial charge in [0.1, 0.15) is 0 Å². The molecule has 7 heteroatoms. The van der Waals surface area contributed by atoms with Crippen molar-refractivity contribution in [2.24, 2.45) is 5.92 Å². The Morgan fingerprint density at radius 3 is 2.62 bits per heavy atom. The van der Waals surface area contributed by atoms with Gasteiger partial charge in [-0.3, -0.25) is 4.79 Å². The number of amides is 1. The van der Waals surface area contributed by atoms with Crippen LogP contribution in [0, 0.1) is 19.8 Å². The molecule has 1 aliphatic heterocycles. The van der Waals surface area contributed by atoms with E-state index < -0.39 is 11.8 Å². The summed E-state index contributed by atoms with van der Waals surface area (Å²) in [4.78, 5) is 18.3. The van der Waals surface area contributed by atoms with Crippen molar-refractivity contribution >= 4 is 5.91 Å². The molecule has 1 saturated heterocycles. The Balaban J connectivity index is 1.76. The highest BCUT2D eigenvalue weighted by atomic mass is 19.3. The largest absolute Gasteiger partial charge is 0.338 e. The maximum atomic E-state index is 13.6. The molecule has 0 N–H and O–H groups in total. The minimum atomic E-state index is -2.70. The Morgan fingerprint density at radius 2 is 2.08 bits per heavy atom. The van der Waals surface area contributed by atoms with Gasteiger partial charge in [0.15, 0.2) is 5.82 Å². The lowest BCUT2D eigenvalue weighted by Crippen LogP contribution is -2.48. The lowest BCUT2D eigenvalue weighted by molar-refractivity contribution is -0.0921. The molecule has 1 fully saturated rings. The first-order valence-electron chi connectivity index (χ1n) is 7.95. The van der Waals surface area contributed by atoms with Crippen molar-refractivity contribution < 1.29 is 13.6 Å². The summed E-state index contributed by atoms with van der Waals surface area (Å²) in [7, 11) is 0. The average Bonchev–Trinajstić information content (AvgIpc) is 2.88. The molecule has 1 atom stereocenters. The summed E-state index contributed by atoms with van der Waals surface area (Å²) in [5.41, 5.74) is 2.24. The SMILES string of the molecule is Cc1cc(C)n(-c2ccc(C(=O)N3CCC(F)(F)C(C)C3)cn2)n1. The first kappa shape index (κ1) is 16.5. The Labute approximate surface area is 139 Å². The molecule has 0 aliphatic carbocycles. The maximum Gasteiger partial charge on any atom is 0.255 e. The third-order valence-electron chi connectivity index (χ3n) is 4.44. The number of halogens is 2. The third kappa shape index (κ3) is 3.02. The molecule has 0 aromatic carbocycles. The van der Waals surface area contributed by atoms with Crippen LogP contribution in [-0.2, 0) is 0 Å². The Kier molecular flexibility index (Phi) is 4.11. The molecule has 1 amide bonds. The normalized spacial score (nSPS) is 20.2. The maximum absolute atomic E-state index is 13.6. The van der Waals surface area contributed by atoms with Crippen molar-refractivity contribution in [3.8, 4) is 5.82 Å². The van der Waals surface area contributed by atoms with E-state index in [1.165, 1.54) is 18.0 Å². The third-order valence-corrected chi connectivity index (χ3v) is 4.44. The van der Waals surface area contributed by atoms with Crippen LogP contribution in [0.2, 0.25) is 0 Å². The summed E-state index contributed by atoms with van der Waals surface area (Å²) in [6, 6.07) is 5.32. The van der Waals surface area contributed by atoms with Crippen LogP contribution in [0.15, 0.2) is 24.4 Å². The standard InChI is InChI=1S/C17H20F2N4O/c1-11-10-22(7-6-17(11,18)19)16(24)14-4-5-15(20-9-14)23-13(3)8-12(2)21-23/h4-5,8-9,11H,6-7,10H2,1-3H3. The van der Waals surface area contributed by atoms with Gasteiger partial charge in [0, 0.05) is 37.3 Å². The molecule has 0 bridgehead atoms. The van der Waals surface area contributed by atoms with E-state index in [0.29, 0.717) is 11.4 Å². The number of carbonyl (C=O) groups is 1. The summed E-state index contributed by atoms with van der Waals surface area (Å²) in [6.07, 6.45) is 1.18. The highest BCUT2D eigenvalue weighted by molar-refractivity contribution is 5.94. The number of alkyl halides is 2. The number of piperidine rings is 1. The summed E-state index contributed by atoms with van der Waals surface area (Å²) in [5, 5.41) is 4.35. The number of pyridine rings is 1. The van der Waals surface area contributed by atoms with Crippen LogP contribution in [0.25, 0.3) is 5.82 Å². The Bertz CT molecular complexity index is 754. The predicted molar refractivity (Wildman–Crippen MR) is 85.5 cm³/mol. The summed E-state index contributed by atoms with van der Waals surface area (Å²) < 4.78 is 28.8. The van der Waals surface area contributed by atoms with Crippen molar-refractivity contribution in [3.63, 3.8) is 0 Å². The van der Waals surface area contributed by atoms with Crippen LogP contribution in [0.5, 0.6) is 0 Å². The van der Waals surface area contributed by atoms with E-state index in [4.69, 9.17) is 0 Å². The predicted octanol–water partition coefficient (Wildman–Crippen LogP) is 3.00. The lowest BCUT2D eigenvalue weighted by Gasteiger charge is -2.36. The van der Waals surface area contributed by atoms with E-state index in [0.717, 1.165) is 11.4 Å². The molecule has 2 aromatic rings. The molecule has 1 aliphatic rings. The van der Waals surface area contributed by atoms with Crippen molar-refractivity contribution in [2.75, 3.05) is 13.1 Å². The van der Waals surface area contributed by atoms with Crippen LogP contribution in [-0.4, -0.2) is 44.6 Å². The monoisotopic (exact) mass is 334 g/mol.